The molecule has 0 saturated carbocycles. The highest BCUT2D eigenvalue weighted by molar-refractivity contribution is 5.95. The van der Waals surface area contributed by atoms with E-state index in [1.54, 1.807) is 0 Å². The van der Waals surface area contributed by atoms with Crippen LogP contribution in [0.1, 0.15) is 18.4 Å². The van der Waals surface area contributed by atoms with E-state index in [1.807, 2.05) is 4.90 Å². The van der Waals surface area contributed by atoms with Crippen molar-refractivity contribution in [2.45, 2.75) is 19.0 Å². The minimum absolute atomic E-state index is 0.0525. The van der Waals surface area contributed by atoms with Gasteiger partial charge in [0.2, 0.25) is 0 Å². The molecule has 1 aliphatic heterocycles. The summed E-state index contributed by atoms with van der Waals surface area (Å²) in [7, 11) is 1.49. The minimum atomic E-state index is -4.48. The molecule has 25 heavy (non-hydrogen) atoms. The Hall–Kier alpha value is -2.29. The van der Waals surface area contributed by atoms with E-state index in [2.05, 4.69) is 10.6 Å². The van der Waals surface area contributed by atoms with Crippen LogP contribution in [0.5, 0.6) is 0 Å². The second-order valence-corrected chi connectivity index (χ2v) is 5.84. The normalized spacial score (nSPS) is 14.5. The number of nitrogens with zero attached hydrogens (tertiary/aromatic N) is 1. The monoisotopic (exact) mass is 359 g/mol. The molecule has 0 atom stereocenters. The van der Waals surface area contributed by atoms with Gasteiger partial charge >= 0.3 is 6.18 Å². The number of amides is 2. The zero-order valence-corrected chi connectivity index (χ0v) is 13.9. The first-order valence-electron chi connectivity index (χ1n) is 8.09. The Labute approximate surface area is 143 Å². The fourth-order valence-electron chi connectivity index (χ4n) is 2.68. The maximum absolute atomic E-state index is 13.0. The molecule has 0 radical (unpaired) electrons. The van der Waals surface area contributed by atoms with Gasteiger partial charge in [0, 0.05) is 20.1 Å². The van der Waals surface area contributed by atoms with E-state index in [0.717, 1.165) is 38.1 Å². The SMILES string of the molecule is CNC(=O)C[NH2+]CC(=O)Nc1cc(C(F)(F)F)ccc1N1CCCC1. The summed E-state index contributed by atoms with van der Waals surface area (Å²) >= 11 is 0. The lowest BCUT2D eigenvalue weighted by atomic mass is 10.1. The predicted octanol–water partition coefficient (Wildman–Crippen LogP) is 0.554. The first-order chi connectivity index (χ1) is 11.8. The van der Waals surface area contributed by atoms with Gasteiger partial charge in [-0.05, 0) is 31.0 Å². The van der Waals surface area contributed by atoms with Crippen LogP contribution in [0.2, 0.25) is 0 Å². The molecule has 9 heteroatoms. The Kier molecular flexibility index (Phi) is 6.24. The number of benzene rings is 1. The largest absolute Gasteiger partial charge is 0.416 e. The quantitative estimate of drug-likeness (QED) is 0.694. The van der Waals surface area contributed by atoms with E-state index >= 15 is 0 Å². The molecule has 1 aromatic carbocycles. The third kappa shape index (κ3) is 5.35. The first-order valence-corrected chi connectivity index (χ1v) is 8.09. The van der Waals surface area contributed by atoms with Crippen molar-refractivity contribution in [2.24, 2.45) is 0 Å². The van der Waals surface area contributed by atoms with E-state index in [1.165, 1.54) is 18.4 Å². The Morgan fingerprint density at radius 3 is 2.40 bits per heavy atom. The molecule has 2 amide bonds. The standard InChI is InChI=1S/C16H21F3N4O2/c1-20-14(24)9-21-10-15(25)22-12-8-11(16(17,18)19)4-5-13(12)23-6-2-3-7-23/h4-5,8,21H,2-3,6-7,9-10H2,1H3,(H,20,24)(H,22,25)/p+1. The number of anilines is 2. The van der Waals surface area contributed by atoms with Crippen molar-refractivity contribution < 1.29 is 28.1 Å². The fraction of sp³-hybridized carbons (Fsp3) is 0.500. The number of carbonyl (C=O) groups excluding carboxylic acids is 2. The molecule has 0 unspecified atom stereocenters. The summed E-state index contributed by atoms with van der Waals surface area (Å²) in [6.45, 7) is 1.52. The van der Waals surface area contributed by atoms with Gasteiger partial charge < -0.3 is 20.9 Å². The van der Waals surface area contributed by atoms with Crippen LogP contribution in [0.15, 0.2) is 18.2 Å². The fourth-order valence-corrected chi connectivity index (χ4v) is 2.68. The van der Waals surface area contributed by atoms with Crippen LogP contribution in [-0.2, 0) is 15.8 Å². The number of quaternary nitrogens is 1. The molecule has 2 rings (SSSR count). The van der Waals surface area contributed by atoms with E-state index < -0.39 is 17.6 Å². The van der Waals surface area contributed by atoms with Crippen molar-refractivity contribution in [3.8, 4) is 0 Å². The molecule has 1 aliphatic rings. The van der Waals surface area contributed by atoms with Crippen LogP contribution < -0.4 is 20.9 Å². The zero-order valence-electron chi connectivity index (χ0n) is 13.9. The highest BCUT2D eigenvalue weighted by Gasteiger charge is 2.32. The molecule has 1 heterocycles. The lowest BCUT2D eigenvalue weighted by Gasteiger charge is -2.22. The number of halogens is 3. The smallest absolute Gasteiger partial charge is 0.370 e. The van der Waals surface area contributed by atoms with Crippen molar-refractivity contribution in [3.05, 3.63) is 23.8 Å². The Morgan fingerprint density at radius 1 is 1.16 bits per heavy atom. The molecule has 0 aromatic heterocycles. The predicted molar refractivity (Wildman–Crippen MR) is 87.2 cm³/mol. The van der Waals surface area contributed by atoms with Crippen LogP contribution in [-0.4, -0.2) is 45.0 Å². The summed E-state index contributed by atoms with van der Waals surface area (Å²) < 4.78 is 38.9. The zero-order chi connectivity index (χ0) is 18.4. The summed E-state index contributed by atoms with van der Waals surface area (Å²) in [5.41, 5.74) is -0.0692. The summed E-state index contributed by atoms with van der Waals surface area (Å²) in [5, 5.41) is 6.46. The summed E-state index contributed by atoms with van der Waals surface area (Å²) in [5.74, 6) is -0.687. The van der Waals surface area contributed by atoms with Gasteiger partial charge in [0.25, 0.3) is 11.8 Å². The van der Waals surface area contributed by atoms with Crippen molar-refractivity contribution in [1.82, 2.24) is 5.32 Å². The molecule has 0 aliphatic carbocycles. The maximum atomic E-state index is 13.0. The summed E-state index contributed by atoms with van der Waals surface area (Å²) in [6.07, 6.45) is -2.54. The Morgan fingerprint density at radius 2 is 1.80 bits per heavy atom. The van der Waals surface area contributed by atoms with Gasteiger partial charge in [-0.1, -0.05) is 0 Å². The number of carbonyl (C=O) groups is 2. The van der Waals surface area contributed by atoms with E-state index in [4.69, 9.17) is 0 Å². The number of rotatable bonds is 6. The van der Waals surface area contributed by atoms with Crippen molar-refractivity contribution in [3.63, 3.8) is 0 Å². The van der Waals surface area contributed by atoms with Crippen molar-refractivity contribution in [1.29, 1.82) is 0 Å². The minimum Gasteiger partial charge on any atom is -0.370 e. The van der Waals surface area contributed by atoms with Crippen LogP contribution in [0.3, 0.4) is 0 Å². The maximum Gasteiger partial charge on any atom is 0.416 e. The summed E-state index contributed by atoms with van der Waals surface area (Å²) in [6, 6.07) is 3.39. The lowest BCUT2D eigenvalue weighted by Crippen LogP contribution is -2.88. The first kappa shape index (κ1) is 19.0. The van der Waals surface area contributed by atoms with Gasteiger partial charge in [-0.3, -0.25) is 9.59 Å². The Bertz CT molecular complexity index is 628. The van der Waals surface area contributed by atoms with Crippen molar-refractivity contribution in [2.75, 3.05) is 43.4 Å². The molecule has 1 saturated heterocycles. The van der Waals surface area contributed by atoms with E-state index in [-0.39, 0.29) is 24.7 Å². The number of hydrogen-bond acceptors (Lipinski definition) is 3. The number of nitrogens with two attached hydrogens (primary N) is 1. The van der Waals surface area contributed by atoms with Gasteiger partial charge in [0.05, 0.1) is 16.9 Å². The van der Waals surface area contributed by atoms with Gasteiger partial charge in [0.1, 0.15) is 0 Å². The van der Waals surface area contributed by atoms with Gasteiger partial charge in [0.15, 0.2) is 13.1 Å². The third-order valence-corrected chi connectivity index (χ3v) is 3.98. The highest BCUT2D eigenvalue weighted by atomic mass is 19.4. The van der Waals surface area contributed by atoms with Crippen LogP contribution >= 0.6 is 0 Å². The van der Waals surface area contributed by atoms with E-state index in [0.29, 0.717) is 5.69 Å². The molecule has 1 aromatic rings. The number of alkyl halides is 3. The average molecular weight is 359 g/mol. The topological polar surface area (TPSA) is 78.0 Å². The van der Waals surface area contributed by atoms with Crippen LogP contribution in [0, 0.1) is 0 Å². The second kappa shape index (κ2) is 8.19. The molecule has 4 N–H and O–H groups in total. The highest BCUT2D eigenvalue weighted by Crippen LogP contribution is 2.36. The molecule has 0 bridgehead atoms. The lowest BCUT2D eigenvalue weighted by molar-refractivity contribution is -0.632. The second-order valence-electron chi connectivity index (χ2n) is 5.84. The van der Waals surface area contributed by atoms with Gasteiger partial charge in [-0.2, -0.15) is 13.2 Å². The molecule has 1 fully saturated rings. The van der Waals surface area contributed by atoms with Gasteiger partial charge in [-0.25, -0.2) is 0 Å². The number of hydrogen-bond donors (Lipinski definition) is 3. The number of likely N-dealkylation sites (N-methyl/N-ethyl adjacent to an activating group) is 1. The molecule has 6 nitrogen and oxygen atoms in total. The van der Waals surface area contributed by atoms with Crippen LogP contribution in [0.25, 0.3) is 0 Å². The third-order valence-electron chi connectivity index (χ3n) is 3.98. The molecular formula is C16H22F3N4O2+. The van der Waals surface area contributed by atoms with Gasteiger partial charge in [-0.15, -0.1) is 0 Å². The number of nitrogens with one attached hydrogen (secondary N) is 2. The molecule has 0 spiro atoms. The molecular weight excluding hydrogens is 337 g/mol. The Balaban J connectivity index is 2.12. The van der Waals surface area contributed by atoms with E-state index in [9.17, 15) is 22.8 Å². The average Bonchev–Trinajstić information content (AvgIpc) is 3.08. The summed E-state index contributed by atoms with van der Waals surface area (Å²) in [4.78, 5) is 25.1. The van der Waals surface area contributed by atoms with Crippen LogP contribution in [0.4, 0.5) is 24.5 Å². The van der Waals surface area contributed by atoms with Crippen molar-refractivity contribution >= 4 is 23.2 Å². The molecule has 138 valence electrons.